The van der Waals surface area contributed by atoms with Crippen LogP contribution in [0.3, 0.4) is 0 Å². The predicted octanol–water partition coefficient (Wildman–Crippen LogP) is 9.20. The Hall–Kier alpha value is -1.48. The van der Waals surface area contributed by atoms with Crippen molar-refractivity contribution in [1.29, 1.82) is 0 Å². The average Bonchev–Trinajstić information content (AvgIpc) is 3.22. The number of aromatic hydroxyl groups is 1. The van der Waals surface area contributed by atoms with Crippen LogP contribution in [0.2, 0.25) is 0 Å². The molecule has 2 saturated carbocycles. The Morgan fingerprint density at radius 2 is 1.53 bits per heavy atom. The summed E-state index contributed by atoms with van der Waals surface area (Å²) in [5.74, 6) is -3.64. The predicted molar refractivity (Wildman–Crippen MR) is 157 cm³/mol. The summed E-state index contributed by atoms with van der Waals surface area (Å²) < 4.78 is 78.5. The van der Waals surface area contributed by atoms with Crippen molar-refractivity contribution in [2.75, 3.05) is 20.1 Å². The highest BCUT2D eigenvalue weighted by Crippen LogP contribution is 2.63. The molecule has 246 valence electrons. The Labute approximate surface area is 253 Å². The van der Waals surface area contributed by atoms with Crippen molar-refractivity contribution in [3.05, 3.63) is 29.3 Å². The van der Waals surface area contributed by atoms with Gasteiger partial charge in [-0.3, -0.25) is 0 Å². The highest BCUT2D eigenvalue weighted by Gasteiger charge is 2.60. The highest BCUT2D eigenvalue weighted by molar-refractivity contribution is 5.41. The molecule has 0 spiro atoms. The van der Waals surface area contributed by atoms with Crippen LogP contribution in [0, 0.1) is 23.2 Å². The lowest BCUT2D eigenvalue weighted by molar-refractivity contribution is -0.284. The molecule has 4 rings (SSSR count). The number of phenols is 1. The molecule has 0 aliphatic heterocycles. The van der Waals surface area contributed by atoms with Gasteiger partial charge in [0.05, 0.1) is 6.10 Å². The van der Waals surface area contributed by atoms with Crippen molar-refractivity contribution >= 4 is 0 Å². The number of benzene rings is 1. The zero-order valence-corrected chi connectivity index (χ0v) is 25.8. The SMILES string of the molecule is CN(CCCCCCCCC(F)(F)C(F)(F)F)CCCCC[C@@H]1Cc2cc(O)ccc2[C@@H]2[C@@H]1[C@@H]1CC[C@H](O)[C@@]1(C)C[C@@H]2F. The van der Waals surface area contributed by atoms with Crippen molar-refractivity contribution in [3.8, 4) is 5.75 Å². The third-order valence-corrected chi connectivity index (χ3v) is 11.1. The summed E-state index contributed by atoms with van der Waals surface area (Å²) in [6.45, 7) is 4.00. The lowest BCUT2D eigenvalue weighted by atomic mass is 9.51. The number of hydrogen-bond donors (Lipinski definition) is 2. The normalized spacial score (nSPS) is 30.7. The van der Waals surface area contributed by atoms with E-state index in [1.54, 1.807) is 6.07 Å². The largest absolute Gasteiger partial charge is 0.508 e. The van der Waals surface area contributed by atoms with Gasteiger partial charge in [-0.15, -0.1) is 0 Å². The van der Waals surface area contributed by atoms with Crippen LogP contribution in [-0.4, -0.2) is 59.6 Å². The van der Waals surface area contributed by atoms with E-state index in [0.717, 1.165) is 88.4 Å². The Balaban J connectivity index is 1.16. The second-order valence-electron chi connectivity index (χ2n) is 14.1. The average molecular weight is 620 g/mol. The Morgan fingerprint density at radius 3 is 2.21 bits per heavy atom. The Bertz CT molecular complexity index is 1030. The molecule has 43 heavy (non-hydrogen) atoms. The van der Waals surface area contributed by atoms with E-state index >= 15 is 4.39 Å². The summed E-state index contributed by atoms with van der Waals surface area (Å²) in [4.78, 5) is 2.29. The molecule has 0 bridgehead atoms. The van der Waals surface area contributed by atoms with Crippen LogP contribution >= 0.6 is 0 Å². The van der Waals surface area contributed by atoms with E-state index in [4.69, 9.17) is 0 Å². The van der Waals surface area contributed by atoms with E-state index in [9.17, 15) is 32.2 Å². The van der Waals surface area contributed by atoms with E-state index in [1.807, 2.05) is 12.1 Å². The van der Waals surface area contributed by atoms with Crippen molar-refractivity contribution in [3.63, 3.8) is 0 Å². The number of phenolic OH excluding ortho intramolecular Hbond substituents is 1. The quantitative estimate of drug-likeness (QED) is 0.152. The highest BCUT2D eigenvalue weighted by atomic mass is 19.4. The molecule has 0 radical (unpaired) electrons. The summed E-state index contributed by atoms with van der Waals surface area (Å²) in [5.41, 5.74) is 1.77. The number of aliphatic hydroxyl groups is 1. The molecule has 2 fully saturated rings. The fraction of sp³-hybridized carbons (Fsp3) is 0.824. The van der Waals surface area contributed by atoms with Crippen molar-refractivity contribution in [2.24, 2.45) is 23.2 Å². The molecule has 7 atom stereocenters. The minimum atomic E-state index is -5.45. The van der Waals surface area contributed by atoms with Crippen LogP contribution < -0.4 is 0 Å². The standard InChI is InChI=1S/C34H51F6NO2/c1-32-22-28(35)31-26-14-13-25(42)21-24(26)20-23(30(31)27(32)15-16-29(32)43)12-8-7-11-19-41(2)18-10-6-4-3-5-9-17-33(36,37)34(38,39)40/h13-14,21,23,27-31,42-43H,3-12,15-20,22H2,1-2H3/t23-,27+,28+,29+,30+,31+,32+/m1/s1. The lowest BCUT2D eigenvalue weighted by Crippen LogP contribution is -2.51. The number of alkyl halides is 6. The number of fused-ring (bicyclic) bond motifs is 5. The van der Waals surface area contributed by atoms with Gasteiger partial charge in [0, 0.05) is 12.3 Å². The second-order valence-corrected chi connectivity index (χ2v) is 14.1. The summed E-state index contributed by atoms with van der Waals surface area (Å²) >= 11 is 0. The molecule has 2 N–H and O–H groups in total. The summed E-state index contributed by atoms with van der Waals surface area (Å²) in [7, 11) is 2.09. The van der Waals surface area contributed by atoms with Crippen LogP contribution in [0.15, 0.2) is 18.2 Å². The van der Waals surface area contributed by atoms with Crippen LogP contribution in [0.1, 0.15) is 114 Å². The lowest BCUT2D eigenvalue weighted by Gasteiger charge is -2.54. The molecule has 0 saturated heterocycles. The molecule has 0 amide bonds. The van der Waals surface area contributed by atoms with Gasteiger partial charge >= 0.3 is 12.1 Å². The topological polar surface area (TPSA) is 43.7 Å². The number of hydrogen-bond acceptors (Lipinski definition) is 3. The molecule has 0 heterocycles. The first kappa shape index (κ1) is 34.4. The van der Waals surface area contributed by atoms with Gasteiger partial charge in [0.15, 0.2) is 0 Å². The maximum Gasteiger partial charge on any atom is 0.453 e. The van der Waals surface area contributed by atoms with E-state index in [0.29, 0.717) is 31.1 Å². The minimum Gasteiger partial charge on any atom is -0.508 e. The number of aliphatic hydroxyl groups excluding tert-OH is 1. The fourth-order valence-electron chi connectivity index (χ4n) is 8.69. The summed E-state index contributed by atoms with van der Waals surface area (Å²) in [6.07, 6.45) is 2.88. The first-order chi connectivity index (χ1) is 20.2. The Kier molecular flexibility index (Phi) is 11.4. The molecule has 3 nitrogen and oxygen atoms in total. The molecule has 9 heteroatoms. The van der Waals surface area contributed by atoms with Gasteiger partial charge in [-0.05, 0) is 118 Å². The molecule has 0 unspecified atom stereocenters. The van der Waals surface area contributed by atoms with Gasteiger partial charge < -0.3 is 15.1 Å². The van der Waals surface area contributed by atoms with E-state index < -0.39 is 30.8 Å². The van der Waals surface area contributed by atoms with Crippen molar-refractivity contribution in [1.82, 2.24) is 4.90 Å². The van der Waals surface area contributed by atoms with Gasteiger partial charge in [0.2, 0.25) is 0 Å². The van der Waals surface area contributed by atoms with Gasteiger partial charge in [-0.1, -0.05) is 51.5 Å². The van der Waals surface area contributed by atoms with E-state index in [-0.39, 0.29) is 29.4 Å². The van der Waals surface area contributed by atoms with Gasteiger partial charge in [-0.25, -0.2) is 4.39 Å². The molecular weight excluding hydrogens is 568 g/mol. The van der Waals surface area contributed by atoms with E-state index in [2.05, 4.69) is 18.9 Å². The molecule has 3 aliphatic carbocycles. The first-order valence-corrected chi connectivity index (χ1v) is 16.5. The van der Waals surface area contributed by atoms with Gasteiger partial charge in [-0.2, -0.15) is 22.0 Å². The van der Waals surface area contributed by atoms with Gasteiger partial charge in [0.1, 0.15) is 11.9 Å². The fourth-order valence-corrected chi connectivity index (χ4v) is 8.69. The minimum absolute atomic E-state index is 0.111. The Morgan fingerprint density at radius 1 is 0.907 bits per heavy atom. The molecule has 1 aromatic rings. The van der Waals surface area contributed by atoms with Crippen LogP contribution in [0.4, 0.5) is 26.3 Å². The smallest absolute Gasteiger partial charge is 0.453 e. The van der Waals surface area contributed by atoms with Gasteiger partial charge in [0.25, 0.3) is 0 Å². The molecule has 0 aromatic heterocycles. The molecule has 3 aliphatic rings. The summed E-state index contributed by atoms with van der Waals surface area (Å²) in [6, 6.07) is 5.43. The maximum absolute atomic E-state index is 15.9. The first-order valence-electron chi connectivity index (χ1n) is 16.5. The zero-order chi connectivity index (χ0) is 31.4. The third kappa shape index (κ3) is 8.03. The summed E-state index contributed by atoms with van der Waals surface area (Å²) in [5, 5.41) is 21.0. The molecular formula is C34H51F6NO2. The zero-order valence-electron chi connectivity index (χ0n) is 25.8. The maximum atomic E-state index is 15.9. The second kappa shape index (κ2) is 14.3. The number of halogens is 6. The third-order valence-electron chi connectivity index (χ3n) is 11.1. The van der Waals surface area contributed by atoms with Crippen LogP contribution in [0.25, 0.3) is 0 Å². The molecule has 1 aromatic carbocycles. The van der Waals surface area contributed by atoms with Crippen LogP contribution in [0.5, 0.6) is 5.75 Å². The van der Waals surface area contributed by atoms with Crippen molar-refractivity contribution < 1.29 is 36.6 Å². The van der Waals surface area contributed by atoms with E-state index in [1.165, 1.54) is 0 Å². The monoisotopic (exact) mass is 619 g/mol. The number of unbranched alkanes of at least 4 members (excludes halogenated alkanes) is 7. The van der Waals surface area contributed by atoms with Crippen molar-refractivity contribution in [2.45, 2.75) is 134 Å². The number of rotatable bonds is 15. The number of nitrogens with zero attached hydrogens (tertiary/aromatic N) is 1. The van der Waals surface area contributed by atoms with Crippen LogP contribution in [-0.2, 0) is 6.42 Å².